The molecule has 0 saturated carbocycles. The molecular formula is C19H23N3O2. The first-order chi connectivity index (χ1) is 11.6. The van der Waals surface area contributed by atoms with Crippen LogP contribution in [-0.2, 0) is 6.54 Å². The van der Waals surface area contributed by atoms with Gasteiger partial charge in [0.15, 0.2) is 5.76 Å². The average Bonchev–Trinajstić information content (AvgIpc) is 3.16. The number of fused-ring (bicyclic) bond motifs is 1. The molecule has 5 heteroatoms. The van der Waals surface area contributed by atoms with E-state index in [1.807, 2.05) is 28.9 Å². The number of aromatic nitrogens is 2. The quantitative estimate of drug-likeness (QED) is 0.708. The van der Waals surface area contributed by atoms with Crippen LogP contribution in [0.25, 0.3) is 11.0 Å². The average molecular weight is 325 g/mol. The first kappa shape index (κ1) is 16.3. The lowest BCUT2D eigenvalue weighted by atomic mass is 10.1. The number of rotatable bonds is 6. The largest absolute Gasteiger partial charge is 0.451 e. The van der Waals surface area contributed by atoms with E-state index < -0.39 is 0 Å². The van der Waals surface area contributed by atoms with Gasteiger partial charge in [-0.05, 0) is 24.5 Å². The smallest absolute Gasteiger partial charge is 0.291 e. The number of furan rings is 1. The van der Waals surface area contributed by atoms with Gasteiger partial charge >= 0.3 is 0 Å². The molecule has 0 saturated heterocycles. The minimum absolute atomic E-state index is 0.247. The summed E-state index contributed by atoms with van der Waals surface area (Å²) in [4.78, 5) is 12.5. The number of benzene rings is 1. The van der Waals surface area contributed by atoms with Crippen LogP contribution in [0.15, 0.2) is 40.9 Å². The molecule has 0 fully saturated rings. The topological polar surface area (TPSA) is 60.1 Å². The standard InChI is InChI=1S/C19H23N3O2/c1-4-5-10-22-18(13(2)3)15(12-20-22)21-19(23)17-11-14-8-6-7-9-16(14)24-17/h6-9,11-13H,4-5,10H2,1-3H3,(H,21,23). The zero-order valence-electron chi connectivity index (χ0n) is 14.4. The maximum Gasteiger partial charge on any atom is 0.291 e. The van der Waals surface area contributed by atoms with Crippen molar-refractivity contribution in [1.82, 2.24) is 9.78 Å². The van der Waals surface area contributed by atoms with Crippen LogP contribution in [0.1, 0.15) is 55.8 Å². The number of unbranched alkanes of at least 4 members (excludes halogenated alkanes) is 1. The van der Waals surface area contributed by atoms with Crippen molar-refractivity contribution in [2.45, 2.75) is 46.1 Å². The van der Waals surface area contributed by atoms with Crippen LogP contribution >= 0.6 is 0 Å². The molecule has 1 amide bonds. The summed E-state index contributed by atoms with van der Waals surface area (Å²) in [6.07, 6.45) is 3.90. The van der Waals surface area contributed by atoms with Crippen molar-refractivity contribution in [2.24, 2.45) is 0 Å². The maximum absolute atomic E-state index is 12.5. The van der Waals surface area contributed by atoms with E-state index >= 15 is 0 Å². The van der Waals surface area contributed by atoms with Crippen LogP contribution in [0.4, 0.5) is 5.69 Å². The molecule has 1 N–H and O–H groups in total. The number of amides is 1. The lowest BCUT2D eigenvalue weighted by Crippen LogP contribution is -2.14. The van der Waals surface area contributed by atoms with Gasteiger partial charge in [0.1, 0.15) is 5.58 Å². The maximum atomic E-state index is 12.5. The van der Waals surface area contributed by atoms with Gasteiger partial charge in [-0.25, -0.2) is 0 Å². The van der Waals surface area contributed by atoms with E-state index in [1.54, 1.807) is 12.3 Å². The molecule has 2 aromatic heterocycles. The second kappa shape index (κ2) is 6.91. The molecule has 2 heterocycles. The number of nitrogens with zero attached hydrogens (tertiary/aromatic N) is 2. The van der Waals surface area contributed by atoms with E-state index in [1.165, 1.54) is 0 Å². The van der Waals surface area contributed by atoms with E-state index in [4.69, 9.17) is 4.42 Å². The summed E-state index contributed by atoms with van der Waals surface area (Å²) in [5, 5.41) is 8.31. The summed E-state index contributed by atoms with van der Waals surface area (Å²) in [6.45, 7) is 7.24. The fraction of sp³-hybridized carbons (Fsp3) is 0.368. The second-order valence-corrected chi connectivity index (χ2v) is 6.28. The highest BCUT2D eigenvalue weighted by Crippen LogP contribution is 2.26. The van der Waals surface area contributed by atoms with Gasteiger partial charge in [-0.3, -0.25) is 9.48 Å². The molecule has 3 aromatic rings. The molecule has 0 radical (unpaired) electrons. The molecule has 0 aliphatic heterocycles. The van der Waals surface area contributed by atoms with Gasteiger partial charge in [0.2, 0.25) is 0 Å². The van der Waals surface area contributed by atoms with Gasteiger partial charge in [-0.1, -0.05) is 45.4 Å². The zero-order valence-corrected chi connectivity index (χ0v) is 14.4. The highest BCUT2D eigenvalue weighted by molar-refractivity contribution is 6.04. The van der Waals surface area contributed by atoms with Gasteiger partial charge in [0.25, 0.3) is 5.91 Å². The molecule has 24 heavy (non-hydrogen) atoms. The fourth-order valence-electron chi connectivity index (χ4n) is 2.86. The van der Waals surface area contributed by atoms with Crippen molar-refractivity contribution in [3.05, 3.63) is 48.0 Å². The molecule has 5 nitrogen and oxygen atoms in total. The van der Waals surface area contributed by atoms with Crippen LogP contribution in [0.3, 0.4) is 0 Å². The normalized spacial score (nSPS) is 11.3. The minimum atomic E-state index is -0.247. The summed E-state index contributed by atoms with van der Waals surface area (Å²) in [5.74, 6) is 0.339. The van der Waals surface area contributed by atoms with E-state index in [-0.39, 0.29) is 11.8 Å². The Bertz CT molecular complexity index is 812. The number of anilines is 1. The van der Waals surface area contributed by atoms with Crippen LogP contribution < -0.4 is 5.32 Å². The Hall–Kier alpha value is -2.56. The number of nitrogens with one attached hydrogen (secondary N) is 1. The highest BCUT2D eigenvalue weighted by Gasteiger charge is 2.18. The van der Waals surface area contributed by atoms with Crippen molar-refractivity contribution in [3.63, 3.8) is 0 Å². The van der Waals surface area contributed by atoms with Crippen LogP contribution in [0.5, 0.6) is 0 Å². The summed E-state index contributed by atoms with van der Waals surface area (Å²) in [7, 11) is 0. The summed E-state index contributed by atoms with van der Waals surface area (Å²) < 4.78 is 7.62. The second-order valence-electron chi connectivity index (χ2n) is 6.28. The molecule has 1 aromatic carbocycles. The predicted molar refractivity (Wildman–Crippen MR) is 95.4 cm³/mol. The monoisotopic (exact) mass is 325 g/mol. The van der Waals surface area contributed by atoms with E-state index in [2.05, 4.69) is 31.2 Å². The lowest BCUT2D eigenvalue weighted by molar-refractivity contribution is 0.0998. The predicted octanol–water partition coefficient (Wildman–Crippen LogP) is 4.81. The first-order valence-electron chi connectivity index (χ1n) is 8.45. The summed E-state index contributed by atoms with van der Waals surface area (Å²) in [5.41, 5.74) is 2.52. The Morgan fingerprint density at radius 1 is 1.33 bits per heavy atom. The Labute approximate surface area is 141 Å². The molecule has 0 aliphatic carbocycles. The first-order valence-corrected chi connectivity index (χ1v) is 8.45. The van der Waals surface area contributed by atoms with Crippen LogP contribution in [-0.4, -0.2) is 15.7 Å². The van der Waals surface area contributed by atoms with E-state index in [0.29, 0.717) is 11.3 Å². The Morgan fingerprint density at radius 2 is 2.12 bits per heavy atom. The third-order valence-corrected chi connectivity index (χ3v) is 4.05. The number of aryl methyl sites for hydroxylation is 1. The summed E-state index contributed by atoms with van der Waals surface area (Å²) in [6, 6.07) is 9.36. The molecular weight excluding hydrogens is 302 g/mol. The van der Waals surface area contributed by atoms with Gasteiger partial charge in [0.05, 0.1) is 17.6 Å². The van der Waals surface area contributed by atoms with Crippen molar-refractivity contribution in [1.29, 1.82) is 0 Å². The third kappa shape index (κ3) is 3.20. The molecule has 126 valence electrons. The number of hydrogen-bond acceptors (Lipinski definition) is 3. The Balaban J connectivity index is 1.84. The molecule has 0 unspecified atom stereocenters. The SMILES string of the molecule is CCCCn1ncc(NC(=O)c2cc3ccccc3o2)c1C(C)C. The highest BCUT2D eigenvalue weighted by atomic mass is 16.3. The minimum Gasteiger partial charge on any atom is -0.451 e. The van der Waals surface area contributed by atoms with Gasteiger partial charge in [0, 0.05) is 11.9 Å². The van der Waals surface area contributed by atoms with Crippen LogP contribution in [0, 0.1) is 0 Å². The number of hydrogen-bond donors (Lipinski definition) is 1. The van der Waals surface area contributed by atoms with E-state index in [9.17, 15) is 4.79 Å². The van der Waals surface area contributed by atoms with Crippen molar-refractivity contribution < 1.29 is 9.21 Å². The number of carbonyl (C=O) groups is 1. The molecule has 0 aliphatic rings. The lowest BCUT2D eigenvalue weighted by Gasteiger charge is -2.12. The Morgan fingerprint density at radius 3 is 2.83 bits per heavy atom. The summed E-state index contributed by atoms with van der Waals surface area (Å²) >= 11 is 0. The molecule has 0 spiro atoms. The molecule has 0 atom stereocenters. The van der Waals surface area contributed by atoms with Crippen LogP contribution in [0.2, 0.25) is 0 Å². The number of para-hydroxylation sites is 1. The van der Waals surface area contributed by atoms with E-state index in [0.717, 1.165) is 36.2 Å². The fourth-order valence-corrected chi connectivity index (χ4v) is 2.86. The number of carbonyl (C=O) groups excluding carboxylic acids is 1. The third-order valence-electron chi connectivity index (χ3n) is 4.05. The van der Waals surface area contributed by atoms with Crippen molar-refractivity contribution in [3.8, 4) is 0 Å². The molecule has 3 rings (SSSR count). The van der Waals surface area contributed by atoms with Crippen molar-refractivity contribution in [2.75, 3.05) is 5.32 Å². The molecule has 0 bridgehead atoms. The van der Waals surface area contributed by atoms with Gasteiger partial charge in [-0.15, -0.1) is 0 Å². The van der Waals surface area contributed by atoms with Crippen molar-refractivity contribution >= 4 is 22.6 Å². The van der Waals surface area contributed by atoms with Gasteiger partial charge in [-0.2, -0.15) is 5.10 Å². The van der Waals surface area contributed by atoms with Gasteiger partial charge < -0.3 is 9.73 Å². The Kier molecular flexibility index (Phi) is 4.69. The zero-order chi connectivity index (χ0) is 17.1.